The highest BCUT2D eigenvalue weighted by molar-refractivity contribution is 9.10. The van der Waals surface area contributed by atoms with E-state index in [1.54, 1.807) is 0 Å². The summed E-state index contributed by atoms with van der Waals surface area (Å²) in [7, 11) is 1.48. The molecule has 0 atom stereocenters. The summed E-state index contributed by atoms with van der Waals surface area (Å²) < 4.78 is 8.12. The number of hydrogen-bond donors (Lipinski definition) is 0. The molecule has 0 N–H and O–H groups in total. The van der Waals surface area contributed by atoms with E-state index in [0.29, 0.717) is 5.92 Å². The van der Waals surface area contributed by atoms with E-state index in [4.69, 9.17) is 4.74 Å². The molecular weight excluding hydrogens is 332 g/mol. The molecule has 1 aliphatic rings. The zero-order valence-electron chi connectivity index (χ0n) is 12.1. The van der Waals surface area contributed by atoms with Crippen molar-refractivity contribution in [2.75, 3.05) is 7.11 Å². The SMILES string of the molecule is COC(=O)C1CCC(Cn2ccc3ncc(Br)cc32)CC1. The van der Waals surface area contributed by atoms with Crippen molar-refractivity contribution in [3.8, 4) is 0 Å². The van der Waals surface area contributed by atoms with Gasteiger partial charge in [-0.15, -0.1) is 0 Å². The van der Waals surface area contributed by atoms with Crippen LogP contribution in [0.2, 0.25) is 0 Å². The number of carbonyl (C=O) groups excluding carboxylic acids is 1. The molecule has 0 radical (unpaired) electrons. The number of aromatic nitrogens is 2. The molecule has 0 unspecified atom stereocenters. The Morgan fingerprint density at radius 2 is 2.19 bits per heavy atom. The van der Waals surface area contributed by atoms with Crippen molar-refractivity contribution in [2.24, 2.45) is 11.8 Å². The minimum atomic E-state index is -0.0482. The number of hydrogen-bond acceptors (Lipinski definition) is 3. The van der Waals surface area contributed by atoms with Crippen LogP contribution in [-0.2, 0) is 16.1 Å². The molecule has 0 spiro atoms. The highest BCUT2D eigenvalue weighted by atomic mass is 79.9. The topological polar surface area (TPSA) is 44.1 Å². The molecule has 112 valence electrons. The van der Waals surface area contributed by atoms with E-state index in [1.807, 2.05) is 6.20 Å². The van der Waals surface area contributed by atoms with Crippen LogP contribution in [0.15, 0.2) is 29.0 Å². The van der Waals surface area contributed by atoms with Gasteiger partial charge >= 0.3 is 5.97 Å². The van der Waals surface area contributed by atoms with Crippen LogP contribution >= 0.6 is 15.9 Å². The fraction of sp³-hybridized carbons (Fsp3) is 0.500. The lowest BCUT2D eigenvalue weighted by molar-refractivity contribution is -0.146. The molecule has 4 nitrogen and oxygen atoms in total. The number of carbonyl (C=O) groups is 1. The van der Waals surface area contributed by atoms with Gasteiger partial charge in [0, 0.05) is 23.4 Å². The van der Waals surface area contributed by atoms with Crippen LogP contribution in [0, 0.1) is 11.8 Å². The minimum absolute atomic E-state index is 0.0482. The lowest BCUT2D eigenvalue weighted by Gasteiger charge is -2.27. The van der Waals surface area contributed by atoms with Gasteiger partial charge in [-0.25, -0.2) is 0 Å². The van der Waals surface area contributed by atoms with Crippen LogP contribution in [0.1, 0.15) is 25.7 Å². The molecule has 0 bridgehead atoms. The Hall–Kier alpha value is -1.36. The van der Waals surface area contributed by atoms with E-state index >= 15 is 0 Å². The summed E-state index contributed by atoms with van der Waals surface area (Å²) in [6.07, 6.45) is 7.99. The second-order valence-electron chi connectivity index (χ2n) is 5.77. The predicted molar refractivity (Wildman–Crippen MR) is 84.9 cm³/mol. The van der Waals surface area contributed by atoms with E-state index in [1.165, 1.54) is 12.6 Å². The molecule has 0 saturated heterocycles. The monoisotopic (exact) mass is 350 g/mol. The van der Waals surface area contributed by atoms with Crippen molar-refractivity contribution < 1.29 is 9.53 Å². The van der Waals surface area contributed by atoms with Crippen molar-refractivity contribution in [2.45, 2.75) is 32.2 Å². The Labute approximate surface area is 132 Å². The fourth-order valence-electron chi connectivity index (χ4n) is 3.22. The standard InChI is InChI=1S/C16H19BrN2O2/c1-21-16(20)12-4-2-11(3-5-12)10-19-7-6-14-15(19)8-13(17)9-18-14/h6-9,11-12H,2-5,10H2,1H3. The predicted octanol–water partition coefficient (Wildman–Crippen LogP) is 3.78. The van der Waals surface area contributed by atoms with E-state index in [0.717, 1.165) is 42.2 Å². The average molecular weight is 351 g/mol. The third-order valence-corrected chi connectivity index (χ3v) is 4.86. The van der Waals surface area contributed by atoms with Gasteiger partial charge in [-0.3, -0.25) is 9.78 Å². The maximum absolute atomic E-state index is 11.6. The summed E-state index contributed by atoms with van der Waals surface area (Å²) in [6.45, 7) is 0.996. The van der Waals surface area contributed by atoms with Gasteiger partial charge in [-0.1, -0.05) is 0 Å². The molecule has 0 aliphatic heterocycles. The number of esters is 1. The van der Waals surface area contributed by atoms with Crippen LogP contribution in [-0.4, -0.2) is 22.6 Å². The minimum Gasteiger partial charge on any atom is -0.469 e. The van der Waals surface area contributed by atoms with Crippen LogP contribution in [0.4, 0.5) is 0 Å². The molecular formula is C16H19BrN2O2. The van der Waals surface area contributed by atoms with Crippen LogP contribution in [0.3, 0.4) is 0 Å². The third-order valence-electron chi connectivity index (χ3n) is 4.42. The second kappa shape index (κ2) is 6.18. The molecule has 2 aromatic heterocycles. The maximum Gasteiger partial charge on any atom is 0.308 e. The largest absolute Gasteiger partial charge is 0.469 e. The number of nitrogens with zero attached hydrogens (tertiary/aromatic N) is 2. The maximum atomic E-state index is 11.6. The van der Waals surface area contributed by atoms with Gasteiger partial charge < -0.3 is 9.30 Å². The molecule has 3 rings (SSSR count). The molecule has 5 heteroatoms. The molecule has 1 aliphatic carbocycles. The Morgan fingerprint density at radius 3 is 2.90 bits per heavy atom. The number of ether oxygens (including phenoxy) is 1. The van der Waals surface area contributed by atoms with Gasteiger partial charge in [0.1, 0.15) is 0 Å². The van der Waals surface area contributed by atoms with Gasteiger partial charge in [0.2, 0.25) is 0 Å². The number of rotatable bonds is 3. The first-order valence-electron chi connectivity index (χ1n) is 7.35. The average Bonchev–Trinajstić information content (AvgIpc) is 2.89. The summed E-state index contributed by atoms with van der Waals surface area (Å²) in [5.74, 6) is 0.678. The summed E-state index contributed by atoms with van der Waals surface area (Å²) >= 11 is 3.48. The van der Waals surface area contributed by atoms with Crippen molar-refractivity contribution in [3.05, 3.63) is 29.0 Å². The molecule has 2 aromatic rings. The molecule has 2 heterocycles. The summed E-state index contributed by atoms with van der Waals surface area (Å²) in [5.41, 5.74) is 2.20. The van der Waals surface area contributed by atoms with Crippen molar-refractivity contribution in [1.82, 2.24) is 9.55 Å². The third kappa shape index (κ3) is 3.12. The van der Waals surface area contributed by atoms with Crippen molar-refractivity contribution in [1.29, 1.82) is 0 Å². The number of halogens is 1. The number of fused-ring (bicyclic) bond motifs is 1. The summed E-state index contributed by atoms with van der Waals surface area (Å²) in [5, 5.41) is 0. The molecule has 1 saturated carbocycles. The first-order valence-corrected chi connectivity index (χ1v) is 8.15. The number of pyridine rings is 1. The normalized spacial score (nSPS) is 22.4. The Kier molecular flexibility index (Phi) is 4.29. The lowest BCUT2D eigenvalue weighted by Crippen LogP contribution is -2.24. The number of methoxy groups -OCH3 is 1. The van der Waals surface area contributed by atoms with E-state index in [-0.39, 0.29) is 11.9 Å². The van der Waals surface area contributed by atoms with Gasteiger partial charge in [-0.2, -0.15) is 0 Å². The second-order valence-corrected chi connectivity index (χ2v) is 6.68. The highest BCUT2D eigenvalue weighted by Crippen LogP contribution is 2.31. The van der Waals surface area contributed by atoms with Crippen molar-refractivity contribution >= 4 is 32.9 Å². The van der Waals surface area contributed by atoms with Crippen molar-refractivity contribution in [3.63, 3.8) is 0 Å². The Morgan fingerprint density at radius 1 is 1.43 bits per heavy atom. The molecule has 21 heavy (non-hydrogen) atoms. The Bertz CT molecular complexity index is 645. The lowest BCUT2D eigenvalue weighted by atomic mass is 9.82. The van der Waals surface area contributed by atoms with Crippen LogP contribution in [0.25, 0.3) is 11.0 Å². The smallest absolute Gasteiger partial charge is 0.308 e. The molecule has 0 aromatic carbocycles. The quantitative estimate of drug-likeness (QED) is 0.791. The Balaban J connectivity index is 1.67. The fourth-order valence-corrected chi connectivity index (χ4v) is 3.54. The van der Waals surface area contributed by atoms with Gasteiger partial charge in [-0.05, 0) is 59.7 Å². The van der Waals surface area contributed by atoms with Gasteiger partial charge in [0.25, 0.3) is 0 Å². The van der Waals surface area contributed by atoms with Crippen LogP contribution in [0.5, 0.6) is 0 Å². The molecule has 0 amide bonds. The first-order chi connectivity index (χ1) is 10.2. The van der Waals surface area contributed by atoms with E-state index in [2.05, 4.69) is 43.8 Å². The zero-order chi connectivity index (χ0) is 14.8. The highest BCUT2D eigenvalue weighted by Gasteiger charge is 2.27. The van der Waals surface area contributed by atoms with Gasteiger partial charge in [0.05, 0.1) is 24.1 Å². The summed E-state index contributed by atoms with van der Waals surface area (Å²) in [6, 6.07) is 4.17. The zero-order valence-corrected chi connectivity index (χ0v) is 13.7. The van der Waals surface area contributed by atoms with E-state index < -0.39 is 0 Å². The van der Waals surface area contributed by atoms with E-state index in [9.17, 15) is 4.79 Å². The van der Waals surface area contributed by atoms with Gasteiger partial charge in [0.15, 0.2) is 0 Å². The molecule has 1 fully saturated rings. The van der Waals surface area contributed by atoms with Crippen LogP contribution < -0.4 is 0 Å². The first kappa shape index (κ1) is 14.6. The summed E-state index contributed by atoms with van der Waals surface area (Å²) in [4.78, 5) is 16.0.